The first-order valence-electron chi connectivity index (χ1n) is 8.95. The van der Waals surface area contributed by atoms with Gasteiger partial charge < -0.3 is 9.47 Å². The van der Waals surface area contributed by atoms with Gasteiger partial charge in [-0.2, -0.15) is 13.2 Å². The zero-order chi connectivity index (χ0) is 19.7. The van der Waals surface area contributed by atoms with E-state index >= 15 is 0 Å². The van der Waals surface area contributed by atoms with E-state index in [9.17, 15) is 18.0 Å². The smallest absolute Gasteiger partial charge is 0.331 e. The van der Waals surface area contributed by atoms with Crippen molar-refractivity contribution in [2.75, 3.05) is 7.05 Å². The van der Waals surface area contributed by atoms with Gasteiger partial charge in [-0.05, 0) is 42.7 Å². The van der Waals surface area contributed by atoms with Gasteiger partial charge in [-0.3, -0.25) is 9.78 Å². The molecule has 0 unspecified atom stereocenters. The van der Waals surface area contributed by atoms with Crippen LogP contribution in [-0.4, -0.2) is 27.4 Å². The predicted molar refractivity (Wildman–Crippen MR) is 97.0 cm³/mol. The number of fused-ring (bicyclic) bond motifs is 4. The zero-order valence-corrected chi connectivity index (χ0v) is 15.0. The molecule has 1 spiro atoms. The van der Waals surface area contributed by atoms with Crippen molar-refractivity contribution < 1.29 is 18.0 Å². The fraction of sp³-hybridized carbons (Fsp3) is 0.238. The molecule has 0 bridgehead atoms. The Hall–Kier alpha value is -3.09. The summed E-state index contributed by atoms with van der Waals surface area (Å²) in [5.74, 6) is -0.0855. The Kier molecular flexibility index (Phi) is 3.33. The Bertz CT molecular complexity index is 1110. The molecular weight excluding hydrogens is 367 g/mol. The van der Waals surface area contributed by atoms with Crippen LogP contribution in [-0.2, 0) is 11.7 Å². The number of halogens is 3. The molecule has 1 aromatic carbocycles. The summed E-state index contributed by atoms with van der Waals surface area (Å²) in [6.45, 7) is 0. The summed E-state index contributed by atoms with van der Waals surface area (Å²) < 4.78 is 42.2. The average Bonchev–Trinajstić information content (AvgIpc) is 3.35. The van der Waals surface area contributed by atoms with Gasteiger partial charge in [0.25, 0.3) is 5.91 Å². The minimum atomic E-state index is -4.47. The van der Waals surface area contributed by atoms with Crippen LogP contribution in [0.1, 0.15) is 34.5 Å². The van der Waals surface area contributed by atoms with Crippen LogP contribution < -0.4 is 0 Å². The standard InChI is InChI=1S/C21H16F3N3O/c1-26-19(28)17-3-2-10-27(17)18-11-13(4-5-16(18)20(26)7-8-20)14-12-25-9-6-15(14)21(22,23)24/h2-6,9-12H,7-8H2,1H3. The number of rotatable bonds is 1. The molecule has 2 aliphatic rings. The molecule has 28 heavy (non-hydrogen) atoms. The van der Waals surface area contributed by atoms with E-state index in [1.165, 1.54) is 6.20 Å². The highest BCUT2D eigenvalue weighted by atomic mass is 19.4. The first kappa shape index (κ1) is 17.0. The number of nitrogens with zero attached hydrogens (tertiary/aromatic N) is 3. The molecule has 5 rings (SSSR count). The maximum Gasteiger partial charge on any atom is 0.417 e. The van der Waals surface area contributed by atoms with E-state index in [0.717, 1.165) is 36.4 Å². The number of carbonyl (C=O) groups excluding carboxylic acids is 1. The Morgan fingerprint density at radius 2 is 1.93 bits per heavy atom. The van der Waals surface area contributed by atoms with Gasteiger partial charge in [0.05, 0.1) is 16.8 Å². The fourth-order valence-corrected chi connectivity index (χ4v) is 4.20. The molecule has 3 aromatic rings. The van der Waals surface area contributed by atoms with Gasteiger partial charge in [0.15, 0.2) is 0 Å². The number of aromatic nitrogens is 2. The fourth-order valence-electron chi connectivity index (χ4n) is 4.20. The van der Waals surface area contributed by atoms with Gasteiger partial charge in [0.2, 0.25) is 0 Å². The maximum atomic E-state index is 13.5. The van der Waals surface area contributed by atoms with Gasteiger partial charge in [-0.15, -0.1) is 0 Å². The number of alkyl halides is 3. The molecular formula is C21H16F3N3O. The lowest BCUT2D eigenvalue weighted by atomic mass is 9.95. The van der Waals surface area contributed by atoms with Crippen LogP contribution in [0.3, 0.4) is 0 Å². The number of hydrogen-bond acceptors (Lipinski definition) is 2. The predicted octanol–water partition coefficient (Wildman–Crippen LogP) is 4.63. The Morgan fingerprint density at radius 1 is 1.14 bits per heavy atom. The highest BCUT2D eigenvalue weighted by Gasteiger charge is 2.53. The lowest BCUT2D eigenvalue weighted by Gasteiger charge is -2.27. The van der Waals surface area contributed by atoms with Crippen molar-refractivity contribution in [2.24, 2.45) is 0 Å². The molecule has 142 valence electrons. The average molecular weight is 383 g/mol. The lowest BCUT2D eigenvalue weighted by molar-refractivity contribution is -0.137. The van der Waals surface area contributed by atoms with Gasteiger partial charge in [-0.25, -0.2) is 0 Å². The summed E-state index contributed by atoms with van der Waals surface area (Å²) in [5.41, 5.74) is 1.55. The number of hydrogen-bond donors (Lipinski definition) is 0. The third-order valence-corrected chi connectivity index (χ3v) is 5.83. The highest BCUT2D eigenvalue weighted by molar-refractivity contribution is 5.95. The summed E-state index contributed by atoms with van der Waals surface area (Å²) in [4.78, 5) is 18.6. The first-order valence-corrected chi connectivity index (χ1v) is 8.95. The summed E-state index contributed by atoms with van der Waals surface area (Å²) in [5, 5.41) is 0. The minimum Gasteiger partial charge on any atom is -0.331 e. The number of carbonyl (C=O) groups is 1. The quantitative estimate of drug-likeness (QED) is 0.614. The molecule has 7 heteroatoms. The van der Waals surface area contributed by atoms with Crippen LogP contribution in [0.15, 0.2) is 55.0 Å². The molecule has 0 saturated heterocycles. The molecule has 2 aromatic heterocycles. The number of amides is 1. The van der Waals surface area contributed by atoms with Gasteiger partial charge in [0.1, 0.15) is 5.69 Å². The topological polar surface area (TPSA) is 38.1 Å². The summed E-state index contributed by atoms with van der Waals surface area (Å²) in [6, 6.07) is 9.77. The SMILES string of the molecule is CN1C(=O)c2cccn2-c2cc(-c3cnccc3C(F)(F)F)ccc2C12CC2. The molecule has 0 atom stereocenters. The minimum absolute atomic E-state index is 0.0280. The Balaban J connectivity index is 1.76. The normalized spacial score (nSPS) is 17.3. The van der Waals surface area contributed by atoms with E-state index in [0.29, 0.717) is 11.3 Å². The van der Waals surface area contributed by atoms with Crippen molar-refractivity contribution in [3.05, 3.63) is 71.8 Å². The molecule has 3 heterocycles. The molecule has 1 aliphatic heterocycles. The van der Waals surface area contributed by atoms with Crippen molar-refractivity contribution in [1.29, 1.82) is 0 Å². The van der Waals surface area contributed by atoms with E-state index in [1.54, 1.807) is 47.0 Å². The van der Waals surface area contributed by atoms with E-state index in [-0.39, 0.29) is 17.0 Å². The Morgan fingerprint density at radius 3 is 2.64 bits per heavy atom. The number of benzene rings is 1. The van der Waals surface area contributed by atoms with Crippen molar-refractivity contribution in [1.82, 2.24) is 14.5 Å². The van der Waals surface area contributed by atoms with Gasteiger partial charge in [-0.1, -0.05) is 12.1 Å². The lowest BCUT2D eigenvalue weighted by Crippen LogP contribution is -2.36. The molecule has 1 fully saturated rings. The highest BCUT2D eigenvalue weighted by Crippen LogP contribution is 2.54. The first-order chi connectivity index (χ1) is 13.3. The molecule has 0 radical (unpaired) electrons. The van der Waals surface area contributed by atoms with Crippen LogP contribution in [0.4, 0.5) is 13.2 Å². The van der Waals surface area contributed by atoms with E-state index in [1.807, 2.05) is 6.07 Å². The van der Waals surface area contributed by atoms with Crippen molar-refractivity contribution in [3.63, 3.8) is 0 Å². The van der Waals surface area contributed by atoms with Gasteiger partial charge >= 0.3 is 6.18 Å². The van der Waals surface area contributed by atoms with E-state index in [4.69, 9.17) is 0 Å². The molecule has 1 saturated carbocycles. The molecule has 4 nitrogen and oxygen atoms in total. The van der Waals surface area contributed by atoms with Crippen molar-refractivity contribution in [2.45, 2.75) is 24.6 Å². The second-order valence-corrected chi connectivity index (χ2v) is 7.31. The van der Waals surface area contributed by atoms with Crippen LogP contribution in [0.5, 0.6) is 0 Å². The Labute approximate surface area is 159 Å². The molecule has 1 amide bonds. The van der Waals surface area contributed by atoms with Crippen LogP contribution in [0, 0.1) is 0 Å². The number of pyridine rings is 1. The van der Waals surface area contributed by atoms with Crippen molar-refractivity contribution >= 4 is 5.91 Å². The largest absolute Gasteiger partial charge is 0.417 e. The zero-order valence-electron chi connectivity index (χ0n) is 15.0. The second-order valence-electron chi connectivity index (χ2n) is 7.31. The van der Waals surface area contributed by atoms with Crippen LogP contribution in [0.25, 0.3) is 16.8 Å². The molecule has 0 N–H and O–H groups in total. The monoisotopic (exact) mass is 383 g/mol. The van der Waals surface area contributed by atoms with Crippen LogP contribution in [0.2, 0.25) is 0 Å². The van der Waals surface area contributed by atoms with Crippen molar-refractivity contribution in [3.8, 4) is 16.8 Å². The second kappa shape index (κ2) is 5.47. The maximum absolute atomic E-state index is 13.5. The summed E-state index contributed by atoms with van der Waals surface area (Å²) in [7, 11) is 1.79. The van der Waals surface area contributed by atoms with E-state index in [2.05, 4.69) is 4.98 Å². The third-order valence-electron chi connectivity index (χ3n) is 5.83. The summed E-state index contributed by atoms with van der Waals surface area (Å²) in [6.07, 6.45) is 1.37. The molecule has 1 aliphatic carbocycles. The van der Waals surface area contributed by atoms with Crippen LogP contribution >= 0.6 is 0 Å². The van der Waals surface area contributed by atoms with Gasteiger partial charge in [0, 0.05) is 36.8 Å². The summed E-state index contributed by atoms with van der Waals surface area (Å²) >= 11 is 0. The van der Waals surface area contributed by atoms with E-state index < -0.39 is 11.7 Å². The third kappa shape index (κ3) is 2.25.